The van der Waals surface area contributed by atoms with Crippen LogP contribution >= 0.6 is 0 Å². The van der Waals surface area contributed by atoms with Crippen molar-refractivity contribution in [2.24, 2.45) is 0 Å². The van der Waals surface area contributed by atoms with Crippen molar-refractivity contribution >= 4 is 5.97 Å². The number of hydrogen-bond donors (Lipinski definition) is 2. The summed E-state index contributed by atoms with van der Waals surface area (Å²) in [5, 5.41) is 12.0. The fraction of sp³-hybridized carbons (Fsp3) is 0.278. The van der Waals surface area contributed by atoms with Crippen LogP contribution in [-0.4, -0.2) is 17.6 Å². The largest absolute Gasteiger partial charge is 0.481 e. The molecule has 0 heterocycles. The zero-order chi connectivity index (χ0) is 15.1. The summed E-state index contributed by atoms with van der Waals surface area (Å²) in [6.07, 6.45) is 0.758. The average Bonchev–Trinajstić information content (AvgIpc) is 2.51. The molecule has 21 heavy (non-hydrogen) atoms. The van der Waals surface area contributed by atoms with E-state index < -0.39 is 5.97 Å². The Bertz CT molecular complexity index is 590. The van der Waals surface area contributed by atoms with Crippen LogP contribution in [0.4, 0.5) is 0 Å². The van der Waals surface area contributed by atoms with Gasteiger partial charge < -0.3 is 10.4 Å². The van der Waals surface area contributed by atoms with Crippen molar-refractivity contribution < 1.29 is 9.90 Å². The van der Waals surface area contributed by atoms with E-state index in [4.69, 9.17) is 5.11 Å². The molecule has 2 aromatic carbocycles. The first-order valence-corrected chi connectivity index (χ1v) is 7.30. The van der Waals surface area contributed by atoms with E-state index >= 15 is 0 Å². The Hall–Kier alpha value is -2.13. The number of rotatable bonds is 7. The van der Waals surface area contributed by atoms with Crippen LogP contribution in [0.3, 0.4) is 0 Å². The highest BCUT2D eigenvalue weighted by atomic mass is 16.4. The Morgan fingerprint density at radius 1 is 1.05 bits per heavy atom. The first-order chi connectivity index (χ1) is 10.2. The molecule has 0 radical (unpaired) electrons. The molecule has 0 aliphatic heterocycles. The molecule has 0 atom stereocenters. The maximum Gasteiger partial charge on any atom is 0.303 e. The molecule has 3 heteroatoms. The summed E-state index contributed by atoms with van der Waals surface area (Å²) in [5.41, 5.74) is 4.68. The number of carbonyl (C=O) groups is 1. The average molecular weight is 283 g/mol. The van der Waals surface area contributed by atoms with Gasteiger partial charge in [-0.2, -0.15) is 0 Å². The summed E-state index contributed by atoms with van der Waals surface area (Å²) in [7, 11) is 0. The van der Waals surface area contributed by atoms with Crippen molar-refractivity contribution in [3.05, 3.63) is 59.7 Å². The van der Waals surface area contributed by atoms with Crippen molar-refractivity contribution in [3.63, 3.8) is 0 Å². The van der Waals surface area contributed by atoms with Gasteiger partial charge in [-0.05, 0) is 41.3 Å². The molecule has 0 amide bonds. The third-order valence-corrected chi connectivity index (χ3v) is 3.42. The smallest absolute Gasteiger partial charge is 0.303 e. The van der Waals surface area contributed by atoms with Crippen LogP contribution < -0.4 is 5.32 Å². The number of aryl methyl sites for hydroxylation is 1. The molecule has 0 aromatic heterocycles. The molecule has 2 aromatic rings. The van der Waals surface area contributed by atoms with Crippen LogP contribution in [0.1, 0.15) is 24.5 Å². The van der Waals surface area contributed by atoms with Crippen molar-refractivity contribution in [2.45, 2.75) is 26.3 Å². The highest BCUT2D eigenvalue weighted by Crippen LogP contribution is 2.21. The summed E-state index contributed by atoms with van der Waals surface area (Å²) in [4.78, 5) is 10.6. The zero-order valence-corrected chi connectivity index (χ0v) is 12.3. The van der Waals surface area contributed by atoms with Crippen LogP contribution in [0.2, 0.25) is 0 Å². The lowest BCUT2D eigenvalue weighted by atomic mass is 10.0. The van der Waals surface area contributed by atoms with Crippen LogP contribution in [0.5, 0.6) is 0 Å². The number of benzene rings is 2. The molecule has 3 nitrogen and oxygen atoms in total. The number of hydrogen-bond acceptors (Lipinski definition) is 2. The van der Waals surface area contributed by atoms with Crippen LogP contribution in [0.25, 0.3) is 11.1 Å². The minimum absolute atomic E-state index is 0.178. The molecular formula is C18H21NO2. The van der Waals surface area contributed by atoms with Gasteiger partial charge in [0.15, 0.2) is 0 Å². The lowest BCUT2D eigenvalue weighted by molar-refractivity contribution is -0.136. The Morgan fingerprint density at radius 3 is 2.48 bits per heavy atom. The SMILES string of the molecule is CCNCc1cccc(-c2ccc(CCC(=O)O)cc2)c1. The van der Waals surface area contributed by atoms with Gasteiger partial charge in [0.25, 0.3) is 0 Å². The summed E-state index contributed by atoms with van der Waals surface area (Å²) >= 11 is 0. The maximum atomic E-state index is 10.6. The van der Waals surface area contributed by atoms with Crippen molar-refractivity contribution in [3.8, 4) is 11.1 Å². The Balaban J connectivity index is 2.09. The van der Waals surface area contributed by atoms with Crippen LogP contribution in [0, 0.1) is 0 Å². The first-order valence-electron chi connectivity index (χ1n) is 7.30. The van der Waals surface area contributed by atoms with E-state index in [9.17, 15) is 4.79 Å². The molecule has 110 valence electrons. The number of aliphatic carboxylic acids is 1. The van der Waals surface area contributed by atoms with E-state index in [2.05, 4.69) is 48.6 Å². The van der Waals surface area contributed by atoms with Gasteiger partial charge >= 0.3 is 5.97 Å². The summed E-state index contributed by atoms with van der Waals surface area (Å²) in [6.45, 7) is 3.93. The third kappa shape index (κ3) is 4.72. The second kappa shape index (κ2) is 7.60. The van der Waals surface area contributed by atoms with E-state index in [1.54, 1.807) is 0 Å². The van der Waals surface area contributed by atoms with E-state index in [1.165, 1.54) is 11.1 Å². The number of carboxylic acids is 1. The monoisotopic (exact) mass is 283 g/mol. The predicted molar refractivity (Wildman–Crippen MR) is 85.2 cm³/mol. The van der Waals surface area contributed by atoms with Crippen molar-refractivity contribution in [1.29, 1.82) is 0 Å². The fourth-order valence-electron chi connectivity index (χ4n) is 2.25. The molecule has 0 bridgehead atoms. The molecule has 2 N–H and O–H groups in total. The number of carboxylic acid groups (broad SMARTS) is 1. The molecule has 0 unspecified atom stereocenters. The second-order valence-electron chi connectivity index (χ2n) is 5.07. The third-order valence-electron chi connectivity index (χ3n) is 3.42. The molecular weight excluding hydrogens is 262 g/mol. The van der Waals surface area contributed by atoms with Gasteiger partial charge in [0.2, 0.25) is 0 Å². The topological polar surface area (TPSA) is 49.3 Å². The van der Waals surface area contributed by atoms with E-state index in [0.717, 1.165) is 24.2 Å². The van der Waals surface area contributed by atoms with E-state index in [1.807, 2.05) is 12.1 Å². The van der Waals surface area contributed by atoms with Crippen LogP contribution in [0.15, 0.2) is 48.5 Å². The van der Waals surface area contributed by atoms with Gasteiger partial charge in [-0.3, -0.25) is 4.79 Å². The molecule has 2 rings (SSSR count). The van der Waals surface area contributed by atoms with Crippen molar-refractivity contribution in [1.82, 2.24) is 5.32 Å². The standard InChI is InChI=1S/C18H21NO2/c1-2-19-13-15-4-3-5-17(12-15)16-9-6-14(7-10-16)8-11-18(20)21/h3-7,9-10,12,19H,2,8,11,13H2,1H3,(H,20,21). The summed E-state index contributed by atoms with van der Waals surface area (Å²) in [6, 6.07) is 16.6. The summed E-state index contributed by atoms with van der Waals surface area (Å²) in [5.74, 6) is -0.754. The van der Waals surface area contributed by atoms with E-state index in [-0.39, 0.29) is 6.42 Å². The Labute approximate surface area is 125 Å². The normalized spacial score (nSPS) is 10.5. The highest BCUT2D eigenvalue weighted by molar-refractivity contribution is 5.67. The molecule has 0 saturated heterocycles. The minimum Gasteiger partial charge on any atom is -0.481 e. The zero-order valence-electron chi connectivity index (χ0n) is 12.3. The Morgan fingerprint density at radius 2 is 1.81 bits per heavy atom. The molecule has 0 aliphatic carbocycles. The second-order valence-corrected chi connectivity index (χ2v) is 5.07. The van der Waals surface area contributed by atoms with Gasteiger partial charge in [0.1, 0.15) is 0 Å². The van der Waals surface area contributed by atoms with Gasteiger partial charge in [-0.15, -0.1) is 0 Å². The van der Waals surface area contributed by atoms with Gasteiger partial charge in [-0.25, -0.2) is 0 Å². The van der Waals surface area contributed by atoms with Crippen LogP contribution in [-0.2, 0) is 17.8 Å². The lowest BCUT2D eigenvalue weighted by Crippen LogP contribution is -2.11. The summed E-state index contributed by atoms with van der Waals surface area (Å²) < 4.78 is 0. The Kier molecular flexibility index (Phi) is 5.52. The molecule has 0 aliphatic rings. The number of nitrogens with one attached hydrogen (secondary N) is 1. The predicted octanol–water partition coefficient (Wildman–Crippen LogP) is 3.48. The quantitative estimate of drug-likeness (QED) is 0.818. The van der Waals surface area contributed by atoms with Gasteiger partial charge in [-0.1, -0.05) is 49.4 Å². The lowest BCUT2D eigenvalue weighted by Gasteiger charge is -2.07. The fourth-order valence-corrected chi connectivity index (χ4v) is 2.25. The highest BCUT2D eigenvalue weighted by Gasteiger charge is 2.02. The van der Waals surface area contributed by atoms with Gasteiger partial charge in [0, 0.05) is 13.0 Å². The molecule has 0 saturated carbocycles. The van der Waals surface area contributed by atoms with Crippen molar-refractivity contribution in [2.75, 3.05) is 6.54 Å². The molecule has 0 spiro atoms. The molecule has 0 fully saturated rings. The maximum absolute atomic E-state index is 10.6. The van der Waals surface area contributed by atoms with Gasteiger partial charge in [0.05, 0.1) is 0 Å². The van der Waals surface area contributed by atoms with E-state index in [0.29, 0.717) is 6.42 Å². The minimum atomic E-state index is -0.754. The first kappa shape index (κ1) is 15.3.